The molecule has 0 aliphatic heterocycles. The van der Waals surface area contributed by atoms with E-state index < -0.39 is 5.91 Å². The Morgan fingerprint density at radius 1 is 1.21 bits per heavy atom. The monoisotopic (exact) mass is 294 g/mol. The van der Waals surface area contributed by atoms with Crippen molar-refractivity contribution in [3.63, 3.8) is 0 Å². The third kappa shape index (κ3) is 3.65. The molecule has 0 fully saturated rings. The van der Waals surface area contributed by atoms with E-state index in [0.717, 1.165) is 9.75 Å². The molecule has 2 rings (SSSR count). The van der Waals surface area contributed by atoms with Crippen molar-refractivity contribution in [2.45, 2.75) is 13.3 Å². The molecular weight excluding hydrogens is 280 g/mol. The summed E-state index contributed by atoms with van der Waals surface area (Å²) in [6, 6.07) is 3.64. The first-order valence-corrected chi connectivity index (χ1v) is 7.53. The average Bonchev–Trinajstić information content (AvgIpc) is 2.98. The number of hydrogen-bond donors (Lipinski definition) is 2. The number of carbonyl (C=O) groups excluding carboxylic acids is 2. The maximum Gasteiger partial charge on any atom is 0.252 e. The molecule has 4 nitrogen and oxygen atoms in total. The molecule has 100 valence electrons. The number of amides is 2. The molecular formula is C13H14N2O2S2. The van der Waals surface area contributed by atoms with Crippen LogP contribution in [-0.4, -0.2) is 18.4 Å². The predicted octanol–water partition coefficient (Wildman–Crippen LogP) is 2.19. The Morgan fingerprint density at radius 3 is 2.53 bits per heavy atom. The number of nitrogens with one attached hydrogen (secondary N) is 1. The van der Waals surface area contributed by atoms with Gasteiger partial charge in [0, 0.05) is 27.1 Å². The van der Waals surface area contributed by atoms with E-state index in [0.29, 0.717) is 24.1 Å². The fourth-order valence-corrected chi connectivity index (χ4v) is 3.17. The van der Waals surface area contributed by atoms with Gasteiger partial charge in [0.15, 0.2) is 0 Å². The van der Waals surface area contributed by atoms with E-state index >= 15 is 0 Å². The van der Waals surface area contributed by atoms with Crippen molar-refractivity contribution >= 4 is 34.5 Å². The van der Waals surface area contributed by atoms with E-state index in [1.807, 2.05) is 18.4 Å². The van der Waals surface area contributed by atoms with Crippen LogP contribution in [0.3, 0.4) is 0 Å². The fraction of sp³-hybridized carbons (Fsp3) is 0.231. The highest BCUT2D eigenvalue weighted by molar-refractivity contribution is 7.10. The number of primary amides is 1. The molecule has 6 heteroatoms. The van der Waals surface area contributed by atoms with Gasteiger partial charge in [0.05, 0.1) is 11.1 Å². The normalized spacial score (nSPS) is 10.4. The molecule has 2 aromatic heterocycles. The second-order valence-electron chi connectivity index (χ2n) is 4.12. The molecule has 0 bridgehead atoms. The van der Waals surface area contributed by atoms with Gasteiger partial charge in [-0.05, 0) is 25.5 Å². The average molecular weight is 294 g/mol. The fourth-order valence-electron chi connectivity index (χ4n) is 1.60. The van der Waals surface area contributed by atoms with Gasteiger partial charge in [-0.15, -0.1) is 22.7 Å². The molecule has 2 heterocycles. The summed E-state index contributed by atoms with van der Waals surface area (Å²) in [5, 5.41) is 6.44. The Hall–Kier alpha value is -1.66. The molecule has 0 saturated carbocycles. The van der Waals surface area contributed by atoms with E-state index in [1.165, 1.54) is 11.3 Å². The van der Waals surface area contributed by atoms with Gasteiger partial charge in [0.1, 0.15) is 0 Å². The molecule has 0 atom stereocenters. The minimum atomic E-state index is -0.416. The largest absolute Gasteiger partial charge is 0.366 e. The molecule has 2 amide bonds. The van der Waals surface area contributed by atoms with E-state index in [2.05, 4.69) is 5.32 Å². The van der Waals surface area contributed by atoms with Crippen molar-refractivity contribution in [1.29, 1.82) is 0 Å². The molecule has 0 aromatic carbocycles. The molecule has 0 aliphatic rings. The summed E-state index contributed by atoms with van der Waals surface area (Å²) in [5.41, 5.74) is 6.41. The lowest BCUT2D eigenvalue weighted by molar-refractivity contribution is 0.0953. The topological polar surface area (TPSA) is 72.2 Å². The maximum atomic E-state index is 11.8. The zero-order valence-corrected chi connectivity index (χ0v) is 12.1. The number of thiophene rings is 2. The van der Waals surface area contributed by atoms with Crippen LogP contribution in [0.25, 0.3) is 0 Å². The van der Waals surface area contributed by atoms with Gasteiger partial charge in [0.25, 0.3) is 5.91 Å². The summed E-state index contributed by atoms with van der Waals surface area (Å²) >= 11 is 3.04. The Labute approximate surface area is 119 Å². The van der Waals surface area contributed by atoms with Crippen molar-refractivity contribution in [3.8, 4) is 0 Å². The first-order valence-electron chi connectivity index (χ1n) is 5.77. The molecule has 19 heavy (non-hydrogen) atoms. The van der Waals surface area contributed by atoms with Crippen LogP contribution in [0.5, 0.6) is 0 Å². The maximum absolute atomic E-state index is 11.8. The van der Waals surface area contributed by atoms with Crippen molar-refractivity contribution in [1.82, 2.24) is 5.32 Å². The second-order valence-corrected chi connectivity index (χ2v) is 6.23. The van der Waals surface area contributed by atoms with Crippen LogP contribution < -0.4 is 11.1 Å². The first kappa shape index (κ1) is 13.8. The number of nitrogens with two attached hydrogens (primary N) is 1. The lowest BCUT2D eigenvalue weighted by Crippen LogP contribution is -2.25. The van der Waals surface area contributed by atoms with E-state index in [1.54, 1.807) is 22.8 Å². The summed E-state index contributed by atoms with van der Waals surface area (Å²) in [6.07, 6.45) is 0.701. The summed E-state index contributed by atoms with van der Waals surface area (Å²) in [4.78, 5) is 24.9. The summed E-state index contributed by atoms with van der Waals surface area (Å²) in [6.45, 7) is 2.52. The minimum Gasteiger partial charge on any atom is -0.366 e. The van der Waals surface area contributed by atoms with Gasteiger partial charge in [-0.1, -0.05) is 0 Å². The van der Waals surface area contributed by atoms with E-state index in [9.17, 15) is 9.59 Å². The zero-order chi connectivity index (χ0) is 13.8. The highest BCUT2D eigenvalue weighted by Gasteiger charge is 2.08. The van der Waals surface area contributed by atoms with Gasteiger partial charge in [-0.25, -0.2) is 0 Å². The third-order valence-corrected chi connectivity index (χ3v) is 4.45. The summed E-state index contributed by atoms with van der Waals surface area (Å²) in [7, 11) is 0. The quantitative estimate of drug-likeness (QED) is 0.887. The molecule has 0 unspecified atom stereocenters. The Kier molecular flexibility index (Phi) is 4.34. The molecule has 0 radical (unpaired) electrons. The van der Waals surface area contributed by atoms with Crippen molar-refractivity contribution in [2.75, 3.05) is 6.54 Å². The second kappa shape index (κ2) is 5.99. The number of rotatable bonds is 5. The van der Waals surface area contributed by atoms with Crippen LogP contribution >= 0.6 is 22.7 Å². The highest BCUT2D eigenvalue weighted by Crippen LogP contribution is 2.15. The van der Waals surface area contributed by atoms with Crippen molar-refractivity contribution in [2.24, 2.45) is 5.73 Å². The van der Waals surface area contributed by atoms with Gasteiger partial charge in [-0.2, -0.15) is 0 Å². The van der Waals surface area contributed by atoms with E-state index in [4.69, 9.17) is 5.73 Å². The zero-order valence-electron chi connectivity index (χ0n) is 10.4. The van der Waals surface area contributed by atoms with Crippen molar-refractivity contribution in [3.05, 3.63) is 43.8 Å². The lowest BCUT2D eigenvalue weighted by Gasteiger charge is -2.01. The molecule has 2 aromatic rings. The number of aryl methyl sites for hydroxylation is 1. The third-order valence-electron chi connectivity index (χ3n) is 2.59. The van der Waals surface area contributed by atoms with Gasteiger partial charge in [-0.3, -0.25) is 9.59 Å². The van der Waals surface area contributed by atoms with E-state index in [-0.39, 0.29) is 5.91 Å². The first-order chi connectivity index (χ1) is 9.06. The SMILES string of the molecule is Cc1cc(C(=O)NCCc2cc(C(N)=O)cs2)cs1. The molecule has 0 spiro atoms. The highest BCUT2D eigenvalue weighted by atomic mass is 32.1. The minimum absolute atomic E-state index is 0.0592. The van der Waals surface area contributed by atoms with Crippen LogP contribution in [0.4, 0.5) is 0 Å². The number of hydrogen-bond acceptors (Lipinski definition) is 4. The summed E-state index contributed by atoms with van der Waals surface area (Å²) in [5.74, 6) is -0.476. The van der Waals surface area contributed by atoms with Gasteiger partial charge >= 0.3 is 0 Å². The molecule has 3 N–H and O–H groups in total. The van der Waals surface area contributed by atoms with Crippen LogP contribution in [0.1, 0.15) is 30.5 Å². The van der Waals surface area contributed by atoms with Gasteiger partial charge in [0.2, 0.25) is 5.91 Å². The Morgan fingerprint density at radius 2 is 1.95 bits per heavy atom. The van der Waals surface area contributed by atoms with Crippen LogP contribution in [-0.2, 0) is 6.42 Å². The number of carbonyl (C=O) groups is 2. The molecule has 0 saturated heterocycles. The van der Waals surface area contributed by atoms with Crippen LogP contribution in [0.15, 0.2) is 22.9 Å². The summed E-state index contributed by atoms with van der Waals surface area (Å²) < 4.78 is 0. The predicted molar refractivity (Wildman–Crippen MR) is 77.9 cm³/mol. The van der Waals surface area contributed by atoms with Crippen LogP contribution in [0, 0.1) is 6.92 Å². The standard InChI is InChI=1S/C13H14N2O2S2/c1-8-4-10(7-18-8)13(17)15-3-2-11-5-9(6-19-11)12(14)16/h4-7H,2-3H2,1H3,(H2,14,16)(H,15,17). The van der Waals surface area contributed by atoms with Crippen LogP contribution in [0.2, 0.25) is 0 Å². The Balaban J connectivity index is 1.83. The molecule has 0 aliphatic carbocycles. The van der Waals surface area contributed by atoms with Gasteiger partial charge < -0.3 is 11.1 Å². The lowest BCUT2D eigenvalue weighted by atomic mass is 10.2. The Bertz CT molecular complexity index is 601. The van der Waals surface area contributed by atoms with Crippen molar-refractivity contribution < 1.29 is 9.59 Å². The smallest absolute Gasteiger partial charge is 0.252 e.